The van der Waals surface area contributed by atoms with Crippen molar-refractivity contribution < 1.29 is 21.6 Å². The van der Waals surface area contributed by atoms with Crippen LogP contribution in [0.25, 0.3) is 27.7 Å². The number of piperidine rings is 1. The summed E-state index contributed by atoms with van der Waals surface area (Å²) in [6, 6.07) is 7.58. The van der Waals surface area contributed by atoms with Gasteiger partial charge in [-0.3, -0.25) is 4.72 Å². The van der Waals surface area contributed by atoms with Gasteiger partial charge in [-0.25, -0.2) is 27.9 Å². The zero-order valence-corrected chi connectivity index (χ0v) is 21.4. The average Bonchev–Trinajstić information content (AvgIpc) is 3.32. The molecule has 38 heavy (non-hydrogen) atoms. The van der Waals surface area contributed by atoms with Crippen LogP contribution in [-0.4, -0.2) is 64.0 Å². The Hall–Kier alpha value is -3.52. The Labute approximate surface area is 217 Å². The van der Waals surface area contributed by atoms with E-state index in [2.05, 4.69) is 30.4 Å². The van der Waals surface area contributed by atoms with Crippen LogP contribution < -0.4 is 15.4 Å². The van der Waals surface area contributed by atoms with Crippen molar-refractivity contribution in [2.45, 2.75) is 44.8 Å². The van der Waals surface area contributed by atoms with E-state index in [1.807, 2.05) is 19.1 Å². The second kappa shape index (κ2) is 10.3. The molecule has 1 aromatic carbocycles. The molecule has 1 aliphatic rings. The Morgan fingerprint density at radius 1 is 1.21 bits per heavy atom. The van der Waals surface area contributed by atoms with Gasteiger partial charge in [0.2, 0.25) is 16.0 Å². The molecule has 202 valence electrons. The van der Waals surface area contributed by atoms with Crippen molar-refractivity contribution in [2.24, 2.45) is 0 Å². The van der Waals surface area contributed by atoms with Gasteiger partial charge in [0.15, 0.2) is 5.82 Å². The first-order chi connectivity index (χ1) is 18.1. The van der Waals surface area contributed by atoms with Crippen molar-refractivity contribution in [2.75, 3.05) is 28.9 Å². The summed E-state index contributed by atoms with van der Waals surface area (Å²) in [5.74, 6) is -0.614. The summed E-state index contributed by atoms with van der Waals surface area (Å²) < 4.78 is 65.8. The first-order valence-electron chi connectivity index (χ1n) is 12.3. The minimum Gasteiger partial charge on any atom is -0.350 e. The third-order valence-electron chi connectivity index (χ3n) is 6.43. The van der Waals surface area contributed by atoms with E-state index in [1.165, 1.54) is 4.52 Å². The minimum atomic E-state index is -4.58. The molecule has 0 saturated carbocycles. The van der Waals surface area contributed by atoms with Crippen LogP contribution >= 0.6 is 0 Å². The molecule has 10 nitrogen and oxygen atoms in total. The summed E-state index contributed by atoms with van der Waals surface area (Å²) in [7, 11) is -4.27. The number of aromatic nitrogens is 5. The molecule has 1 aliphatic heterocycles. The SMILES string of the molecule is CCc1cc(-c2ccc3c(NS(=O)(=O)CCC(F)(F)F)ncnn23)cc2cnc(NC3CCCNC3)nc12. The van der Waals surface area contributed by atoms with E-state index in [9.17, 15) is 21.6 Å². The molecule has 0 bridgehead atoms. The van der Waals surface area contributed by atoms with Gasteiger partial charge < -0.3 is 10.6 Å². The molecule has 0 amide bonds. The van der Waals surface area contributed by atoms with Crippen LogP contribution in [0.5, 0.6) is 0 Å². The normalized spacial score (nSPS) is 16.7. The van der Waals surface area contributed by atoms with Crippen LogP contribution in [0.3, 0.4) is 0 Å². The fourth-order valence-electron chi connectivity index (χ4n) is 4.54. The number of rotatable bonds is 8. The lowest BCUT2D eigenvalue weighted by Gasteiger charge is -2.23. The Bertz CT molecular complexity index is 1570. The predicted molar refractivity (Wildman–Crippen MR) is 138 cm³/mol. The number of alkyl halides is 3. The van der Waals surface area contributed by atoms with E-state index in [4.69, 9.17) is 4.98 Å². The number of nitrogens with one attached hydrogen (secondary N) is 3. The van der Waals surface area contributed by atoms with E-state index < -0.39 is 28.4 Å². The van der Waals surface area contributed by atoms with Crippen molar-refractivity contribution in [1.29, 1.82) is 0 Å². The number of benzene rings is 1. The quantitative estimate of drug-likeness (QED) is 0.304. The second-order valence-corrected chi connectivity index (χ2v) is 11.1. The lowest BCUT2D eigenvalue weighted by atomic mass is 10.0. The lowest BCUT2D eigenvalue weighted by molar-refractivity contribution is -0.129. The Balaban J connectivity index is 1.46. The summed E-state index contributed by atoms with van der Waals surface area (Å²) in [5, 5.41) is 11.9. The molecule has 0 radical (unpaired) electrons. The maximum atomic E-state index is 12.5. The largest absolute Gasteiger partial charge is 0.390 e. The molecule has 4 aromatic rings. The number of halogens is 3. The number of anilines is 2. The third kappa shape index (κ3) is 5.80. The van der Waals surface area contributed by atoms with Gasteiger partial charge in [-0.05, 0) is 55.6 Å². The topological polar surface area (TPSA) is 126 Å². The van der Waals surface area contributed by atoms with Gasteiger partial charge in [0.05, 0.1) is 23.4 Å². The molecule has 1 unspecified atom stereocenters. The van der Waals surface area contributed by atoms with Crippen LogP contribution in [-0.2, 0) is 16.4 Å². The first-order valence-corrected chi connectivity index (χ1v) is 13.9. The fourth-order valence-corrected chi connectivity index (χ4v) is 5.60. The van der Waals surface area contributed by atoms with E-state index in [-0.39, 0.29) is 11.9 Å². The van der Waals surface area contributed by atoms with Gasteiger partial charge in [0.25, 0.3) is 0 Å². The zero-order valence-electron chi connectivity index (χ0n) is 20.6. The highest BCUT2D eigenvalue weighted by Crippen LogP contribution is 2.30. The van der Waals surface area contributed by atoms with Crippen molar-refractivity contribution in [3.05, 3.63) is 42.4 Å². The molecule has 1 atom stereocenters. The van der Waals surface area contributed by atoms with Gasteiger partial charge >= 0.3 is 6.18 Å². The van der Waals surface area contributed by atoms with Crippen molar-refractivity contribution in [3.8, 4) is 11.3 Å². The highest BCUT2D eigenvalue weighted by atomic mass is 32.2. The number of fused-ring (bicyclic) bond motifs is 2. The Morgan fingerprint density at radius 2 is 2.05 bits per heavy atom. The van der Waals surface area contributed by atoms with Gasteiger partial charge in [-0.2, -0.15) is 18.3 Å². The Morgan fingerprint density at radius 3 is 2.79 bits per heavy atom. The second-order valence-electron chi connectivity index (χ2n) is 9.22. The predicted octanol–water partition coefficient (Wildman–Crippen LogP) is 3.76. The number of aryl methyl sites for hydroxylation is 1. The molecule has 4 heterocycles. The molecule has 3 N–H and O–H groups in total. The summed E-state index contributed by atoms with van der Waals surface area (Å²) in [4.78, 5) is 13.2. The number of sulfonamides is 1. The highest BCUT2D eigenvalue weighted by molar-refractivity contribution is 7.92. The van der Waals surface area contributed by atoms with E-state index in [1.54, 1.807) is 18.3 Å². The van der Waals surface area contributed by atoms with E-state index in [0.717, 1.165) is 54.3 Å². The smallest absolute Gasteiger partial charge is 0.350 e. The van der Waals surface area contributed by atoms with Crippen molar-refractivity contribution in [3.63, 3.8) is 0 Å². The zero-order chi connectivity index (χ0) is 26.9. The number of hydrogen-bond acceptors (Lipinski definition) is 8. The van der Waals surface area contributed by atoms with Crippen LogP contribution in [0.4, 0.5) is 24.9 Å². The molecule has 3 aromatic heterocycles. The monoisotopic (exact) mass is 548 g/mol. The molecule has 1 saturated heterocycles. The van der Waals surface area contributed by atoms with Crippen molar-refractivity contribution >= 4 is 38.2 Å². The molecular formula is C24H27F3N8O2S. The molecule has 1 fully saturated rings. The van der Waals surface area contributed by atoms with E-state index >= 15 is 0 Å². The lowest BCUT2D eigenvalue weighted by Crippen LogP contribution is -2.38. The van der Waals surface area contributed by atoms with Gasteiger partial charge in [0.1, 0.15) is 11.8 Å². The number of hydrogen-bond donors (Lipinski definition) is 3. The summed E-state index contributed by atoms with van der Waals surface area (Å²) in [6.45, 7) is 3.92. The molecule has 0 spiro atoms. The molecular weight excluding hydrogens is 521 g/mol. The van der Waals surface area contributed by atoms with Crippen molar-refractivity contribution in [1.82, 2.24) is 29.9 Å². The first kappa shape index (κ1) is 26.1. The van der Waals surface area contributed by atoms with Gasteiger partial charge in [-0.15, -0.1) is 0 Å². The van der Waals surface area contributed by atoms with Crippen LogP contribution in [0.15, 0.2) is 36.8 Å². The molecule has 5 rings (SSSR count). The standard InChI is InChI=1S/C24H27F3N8O2S/c1-2-15-10-16(11-17-12-29-23(33-21(15)17)32-18-4-3-8-28-13-18)19-5-6-20-22(30-14-31-35(19)20)34-38(36,37)9-7-24(25,26)27/h5-6,10-12,14,18,28H,2-4,7-9,13H2,1H3,(H,29,32,33)(H,30,31,34). The molecule has 0 aliphatic carbocycles. The minimum absolute atomic E-state index is 0.0961. The van der Waals surface area contributed by atoms with Gasteiger partial charge in [-0.1, -0.05) is 6.92 Å². The Kier molecular flexibility index (Phi) is 7.09. The molecule has 14 heteroatoms. The number of nitrogens with zero attached hydrogens (tertiary/aromatic N) is 5. The fraction of sp³-hybridized carbons (Fsp3) is 0.417. The van der Waals surface area contributed by atoms with E-state index in [0.29, 0.717) is 23.6 Å². The van der Waals surface area contributed by atoms with Crippen LogP contribution in [0.2, 0.25) is 0 Å². The average molecular weight is 549 g/mol. The van der Waals surface area contributed by atoms with Gasteiger partial charge in [0, 0.05) is 29.7 Å². The van der Waals surface area contributed by atoms with Crippen LogP contribution in [0.1, 0.15) is 31.7 Å². The third-order valence-corrected chi connectivity index (χ3v) is 7.67. The summed E-state index contributed by atoms with van der Waals surface area (Å²) >= 11 is 0. The maximum Gasteiger partial charge on any atom is 0.390 e. The maximum absolute atomic E-state index is 12.5. The highest BCUT2D eigenvalue weighted by Gasteiger charge is 2.30. The summed E-state index contributed by atoms with van der Waals surface area (Å²) in [5.41, 5.74) is 3.62. The summed E-state index contributed by atoms with van der Waals surface area (Å²) in [6.07, 6.45) is -0.246. The van der Waals surface area contributed by atoms with Crippen LogP contribution in [0, 0.1) is 0 Å².